The molecule has 4 nitrogen and oxygen atoms in total. The third-order valence-electron chi connectivity index (χ3n) is 13.5. The van der Waals surface area contributed by atoms with Crippen LogP contribution in [-0.2, 0) is 0 Å². The van der Waals surface area contributed by atoms with Crippen molar-refractivity contribution in [2.45, 2.75) is 0 Å². The van der Waals surface area contributed by atoms with E-state index in [-0.39, 0.29) is 0 Å². The average molecular weight is 863 g/mol. The van der Waals surface area contributed by atoms with E-state index >= 15 is 0 Å². The van der Waals surface area contributed by atoms with Gasteiger partial charge in [0.05, 0.1) is 6.57 Å². The summed E-state index contributed by atoms with van der Waals surface area (Å²) in [6.07, 6.45) is 0. The molecule has 0 spiro atoms. The summed E-state index contributed by atoms with van der Waals surface area (Å²) in [7, 11) is 0. The summed E-state index contributed by atoms with van der Waals surface area (Å²) in [5, 5.41) is 7.48. The van der Waals surface area contributed by atoms with Crippen molar-refractivity contribution in [1.82, 2.24) is 15.0 Å². The number of rotatable bonds is 7. The molecule has 314 valence electrons. The average Bonchev–Trinajstić information content (AvgIpc) is 3.74. The SMILES string of the molecule is [C-]#[N+]c1ccc(-c2ccccc2-c2nc(-c3ccccc3)nc(-c3ccc(-c4ccc5c(c4)-c4cccc6cccc-5c46)cc3)n2)cc1-c1cccc(-c2cccc3c2ccc2ccccc23)c1. The third kappa shape index (κ3) is 6.56. The van der Waals surface area contributed by atoms with E-state index in [9.17, 15) is 0 Å². The summed E-state index contributed by atoms with van der Waals surface area (Å²) in [6.45, 7) is 8.23. The van der Waals surface area contributed by atoms with Crippen LogP contribution in [0.5, 0.6) is 0 Å². The van der Waals surface area contributed by atoms with Gasteiger partial charge in [-0.05, 0) is 111 Å². The zero-order chi connectivity index (χ0) is 45.1. The van der Waals surface area contributed by atoms with Gasteiger partial charge in [0, 0.05) is 16.7 Å². The van der Waals surface area contributed by atoms with Gasteiger partial charge in [-0.3, -0.25) is 0 Å². The zero-order valence-electron chi connectivity index (χ0n) is 36.7. The monoisotopic (exact) mass is 862 g/mol. The molecular formula is C64H38N4. The lowest BCUT2D eigenvalue weighted by Gasteiger charge is -2.15. The molecule has 1 aromatic heterocycles. The maximum Gasteiger partial charge on any atom is 0.194 e. The van der Waals surface area contributed by atoms with Gasteiger partial charge in [0.1, 0.15) is 0 Å². The first kappa shape index (κ1) is 39.1. The van der Waals surface area contributed by atoms with E-state index in [4.69, 9.17) is 21.5 Å². The van der Waals surface area contributed by atoms with Crippen LogP contribution in [0.1, 0.15) is 0 Å². The molecule has 68 heavy (non-hydrogen) atoms. The standard InChI is InChI=1S/C64H38N4/c1-65-60-36-33-48(39-58(60)47-19-9-18-46(37-47)50-23-12-24-52-49-20-6-5-13-41(49)31-34-53(50)52)51-21-7-8-22-57(51)64-67-62(43-14-3-2-4-15-43)66-63(68-64)44-29-27-40(28-30-44)45-32-35-54-55-25-10-16-42-17-11-26-56(61(42)55)59(54)38-45/h2-39H. The summed E-state index contributed by atoms with van der Waals surface area (Å²) in [4.78, 5) is 19.5. The Bertz CT molecular complexity index is 4030. The quantitative estimate of drug-likeness (QED) is 0.118. The molecular weight excluding hydrogens is 825 g/mol. The van der Waals surface area contributed by atoms with Crippen LogP contribution in [0, 0.1) is 6.57 Å². The van der Waals surface area contributed by atoms with Crippen LogP contribution >= 0.6 is 0 Å². The van der Waals surface area contributed by atoms with E-state index < -0.39 is 0 Å². The predicted octanol–water partition coefficient (Wildman–Crippen LogP) is 17.2. The minimum absolute atomic E-state index is 0.571. The fraction of sp³-hybridized carbons (Fsp3) is 0. The summed E-state index contributed by atoms with van der Waals surface area (Å²) in [6, 6.07) is 81.0. The molecule has 0 N–H and O–H groups in total. The molecule has 12 aromatic rings. The normalized spacial score (nSPS) is 11.5. The van der Waals surface area contributed by atoms with Gasteiger partial charge in [-0.15, -0.1) is 0 Å². The Labute approximate surface area is 394 Å². The fourth-order valence-corrected chi connectivity index (χ4v) is 10.2. The van der Waals surface area contributed by atoms with Crippen molar-refractivity contribution in [2.75, 3.05) is 0 Å². The molecule has 0 radical (unpaired) electrons. The minimum atomic E-state index is 0.571. The zero-order valence-corrected chi connectivity index (χ0v) is 36.7. The van der Waals surface area contributed by atoms with E-state index in [1.54, 1.807) is 0 Å². The molecule has 0 saturated heterocycles. The Kier molecular flexibility index (Phi) is 9.20. The van der Waals surface area contributed by atoms with Crippen molar-refractivity contribution in [1.29, 1.82) is 0 Å². The maximum atomic E-state index is 8.23. The molecule has 0 amide bonds. The number of benzene rings is 11. The molecule has 0 bridgehead atoms. The highest BCUT2D eigenvalue weighted by Crippen LogP contribution is 2.48. The van der Waals surface area contributed by atoms with Crippen molar-refractivity contribution in [3.63, 3.8) is 0 Å². The largest absolute Gasteiger partial charge is 0.238 e. The van der Waals surface area contributed by atoms with E-state index in [1.807, 2.05) is 54.6 Å². The molecule has 0 fully saturated rings. The highest BCUT2D eigenvalue weighted by Gasteiger charge is 2.22. The van der Waals surface area contributed by atoms with Crippen molar-refractivity contribution >= 4 is 38.0 Å². The number of hydrogen-bond acceptors (Lipinski definition) is 3. The Morgan fingerprint density at radius 2 is 0.794 bits per heavy atom. The van der Waals surface area contributed by atoms with Crippen molar-refractivity contribution in [3.05, 3.63) is 242 Å². The predicted molar refractivity (Wildman–Crippen MR) is 281 cm³/mol. The van der Waals surface area contributed by atoms with Crippen molar-refractivity contribution in [2.24, 2.45) is 0 Å². The first-order valence-corrected chi connectivity index (χ1v) is 22.9. The first-order valence-electron chi connectivity index (χ1n) is 22.9. The van der Waals surface area contributed by atoms with E-state index in [0.29, 0.717) is 23.2 Å². The van der Waals surface area contributed by atoms with Crippen LogP contribution in [0.2, 0.25) is 0 Å². The number of hydrogen-bond donors (Lipinski definition) is 0. The van der Waals surface area contributed by atoms with Crippen LogP contribution in [-0.4, -0.2) is 15.0 Å². The molecule has 13 rings (SSSR count). The summed E-state index contributed by atoms with van der Waals surface area (Å²) >= 11 is 0. The van der Waals surface area contributed by atoms with Crippen LogP contribution in [0.15, 0.2) is 231 Å². The smallest absolute Gasteiger partial charge is 0.194 e. The molecule has 0 saturated carbocycles. The van der Waals surface area contributed by atoms with Crippen LogP contribution in [0.4, 0.5) is 5.69 Å². The van der Waals surface area contributed by atoms with E-state index in [0.717, 1.165) is 61.2 Å². The Morgan fingerprint density at radius 1 is 0.265 bits per heavy atom. The molecule has 1 heterocycles. The van der Waals surface area contributed by atoms with Crippen molar-refractivity contribution in [3.8, 4) is 101 Å². The molecule has 1 aliphatic rings. The van der Waals surface area contributed by atoms with Gasteiger partial charge in [0.2, 0.25) is 0 Å². The third-order valence-corrected chi connectivity index (χ3v) is 13.5. The topological polar surface area (TPSA) is 43.0 Å². The minimum Gasteiger partial charge on any atom is -0.238 e. The molecule has 0 unspecified atom stereocenters. The lowest BCUT2D eigenvalue weighted by atomic mass is 9.91. The van der Waals surface area contributed by atoms with Crippen LogP contribution in [0.3, 0.4) is 0 Å². The molecule has 1 aliphatic carbocycles. The summed E-state index contributed by atoms with van der Waals surface area (Å²) in [5.74, 6) is 1.76. The number of aromatic nitrogens is 3. The second-order valence-corrected chi connectivity index (χ2v) is 17.4. The summed E-state index contributed by atoms with van der Waals surface area (Å²) < 4.78 is 0. The van der Waals surface area contributed by atoms with Gasteiger partial charge in [0.25, 0.3) is 0 Å². The summed E-state index contributed by atoms with van der Waals surface area (Å²) in [5.41, 5.74) is 16.7. The highest BCUT2D eigenvalue weighted by molar-refractivity contribution is 6.16. The Hall–Kier alpha value is -9.30. The first-order chi connectivity index (χ1) is 33.6. The Morgan fingerprint density at radius 3 is 1.60 bits per heavy atom. The molecule has 4 heteroatoms. The number of fused-ring (bicyclic) bond motifs is 6. The number of nitrogens with zero attached hydrogens (tertiary/aromatic N) is 4. The maximum absolute atomic E-state index is 8.23. The molecule has 0 aliphatic heterocycles. The van der Waals surface area contributed by atoms with Gasteiger partial charge < -0.3 is 0 Å². The van der Waals surface area contributed by atoms with Crippen LogP contribution < -0.4 is 0 Å². The second kappa shape index (κ2) is 16.0. The van der Waals surface area contributed by atoms with Crippen molar-refractivity contribution < 1.29 is 0 Å². The van der Waals surface area contributed by atoms with Gasteiger partial charge >= 0.3 is 0 Å². The fourth-order valence-electron chi connectivity index (χ4n) is 10.2. The van der Waals surface area contributed by atoms with Gasteiger partial charge in [0.15, 0.2) is 23.2 Å². The Balaban J connectivity index is 0.881. The van der Waals surface area contributed by atoms with Gasteiger partial charge in [-0.25, -0.2) is 19.8 Å². The van der Waals surface area contributed by atoms with Gasteiger partial charge in [-0.2, -0.15) is 0 Å². The molecule has 0 atom stereocenters. The molecule has 11 aromatic carbocycles. The van der Waals surface area contributed by atoms with E-state index in [2.05, 4.69) is 181 Å². The highest BCUT2D eigenvalue weighted by atomic mass is 15.0. The van der Waals surface area contributed by atoms with E-state index in [1.165, 1.54) is 54.6 Å². The van der Waals surface area contributed by atoms with Crippen LogP contribution in [0.25, 0.3) is 138 Å². The lowest BCUT2D eigenvalue weighted by Crippen LogP contribution is -2.01. The lowest BCUT2D eigenvalue weighted by molar-refractivity contribution is 1.07. The second-order valence-electron chi connectivity index (χ2n) is 17.4. The van der Waals surface area contributed by atoms with Gasteiger partial charge in [-0.1, -0.05) is 218 Å².